The second-order valence-electron chi connectivity index (χ2n) is 3.70. The maximum absolute atomic E-state index is 3.39. The molecule has 1 aliphatic rings. The fourth-order valence-electron chi connectivity index (χ4n) is 1.84. The lowest BCUT2D eigenvalue weighted by Crippen LogP contribution is -2.13. The van der Waals surface area contributed by atoms with Crippen LogP contribution in [0.5, 0.6) is 0 Å². The minimum Gasteiger partial charge on any atom is -0.384 e. The maximum atomic E-state index is 3.39. The minimum absolute atomic E-state index is 1.09. The van der Waals surface area contributed by atoms with Crippen molar-refractivity contribution >= 4 is 17.6 Å². The van der Waals surface area contributed by atoms with Gasteiger partial charge >= 0.3 is 0 Å². The molecule has 2 rings (SSSR count). The van der Waals surface area contributed by atoms with Crippen molar-refractivity contribution < 1.29 is 0 Å². The number of hydrogen-bond donors (Lipinski definition) is 1. The zero-order valence-corrected chi connectivity index (χ0v) is 10.2. The number of anilines is 1. The molecule has 0 aliphatic carbocycles. The number of nitrogens with zero attached hydrogens (tertiary/aromatic N) is 1. The topological polar surface area (TPSA) is 15.3 Å². The van der Waals surface area contributed by atoms with E-state index in [-0.39, 0.29) is 0 Å². The highest BCUT2D eigenvalue weighted by Gasteiger charge is 2.11. The van der Waals surface area contributed by atoms with Crippen molar-refractivity contribution in [1.29, 1.82) is 0 Å². The van der Waals surface area contributed by atoms with Gasteiger partial charge in [-0.3, -0.25) is 0 Å². The molecule has 1 aromatic carbocycles. The lowest BCUT2D eigenvalue weighted by molar-refractivity contribution is 0.525. The predicted octanol–water partition coefficient (Wildman–Crippen LogP) is 3.00. The van der Waals surface area contributed by atoms with Gasteiger partial charge in [0.2, 0.25) is 0 Å². The summed E-state index contributed by atoms with van der Waals surface area (Å²) in [5.41, 5.74) is 2.78. The van der Waals surface area contributed by atoms with E-state index in [1.165, 1.54) is 22.6 Å². The number of nitrogens with one attached hydrogen (secondary N) is 1. The fraction of sp³-hybridized carbons (Fsp3) is 0.500. The molecule has 1 N–H and O–H groups in total. The SMILES string of the molecule is CCN(CC)Sc1ccc2c(c1)CCN2. The van der Waals surface area contributed by atoms with Crippen molar-refractivity contribution in [3.8, 4) is 0 Å². The third-order valence-electron chi connectivity index (χ3n) is 2.73. The standard InChI is InChI=1S/C12H18N2S/c1-3-14(4-2)15-11-5-6-12-10(9-11)7-8-13-12/h5-6,9,13H,3-4,7-8H2,1-2H3. The third-order valence-corrected chi connectivity index (χ3v) is 3.97. The molecule has 0 atom stereocenters. The first-order valence-electron chi connectivity index (χ1n) is 5.63. The van der Waals surface area contributed by atoms with Crippen LogP contribution in [0.25, 0.3) is 0 Å². The number of hydrogen-bond acceptors (Lipinski definition) is 3. The number of rotatable bonds is 4. The molecule has 0 aromatic heterocycles. The highest BCUT2D eigenvalue weighted by molar-refractivity contribution is 7.97. The third kappa shape index (κ3) is 2.47. The average molecular weight is 222 g/mol. The van der Waals surface area contributed by atoms with E-state index in [0.29, 0.717) is 0 Å². The van der Waals surface area contributed by atoms with Crippen molar-refractivity contribution in [1.82, 2.24) is 4.31 Å². The Labute approximate surface area is 96.2 Å². The first-order valence-corrected chi connectivity index (χ1v) is 6.40. The summed E-state index contributed by atoms with van der Waals surface area (Å²) in [5, 5.41) is 3.39. The molecular formula is C12H18N2S. The van der Waals surface area contributed by atoms with Gasteiger partial charge in [0.15, 0.2) is 0 Å². The molecular weight excluding hydrogens is 204 g/mol. The minimum atomic E-state index is 1.09. The van der Waals surface area contributed by atoms with Gasteiger partial charge in [0.25, 0.3) is 0 Å². The summed E-state index contributed by atoms with van der Waals surface area (Å²) in [7, 11) is 0. The van der Waals surface area contributed by atoms with Crippen LogP contribution in [-0.4, -0.2) is 23.9 Å². The molecule has 0 saturated heterocycles. The van der Waals surface area contributed by atoms with E-state index in [4.69, 9.17) is 0 Å². The van der Waals surface area contributed by atoms with E-state index in [9.17, 15) is 0 Å². The van der Waals surface area contributed by atoms with Gasteiger partial charge in [-0.05, 0) is 42.1 Å². The lowest BCUT2D eigenvalue weighted by Gasteiger charge is -2.16. The van der Waals surface area contributed by atoms with E-state index in [1.54, 1.807) is 0 Å². The summed E-state index contributed by atoms with van der Waals surface area (Å²) in [6, 6.07) is 6.73. The van der Waals surface area contributed by atoms with Crippen LogP contribution in [-0.2, 0) is 6.42 Å². The molecule has 0 amide bonds. The van der Waals surface area contributed by atoms with Gasteiger partial charge in [-0.2, -0.15) is 0 Å². The Morgan fingerprint density at radius 2 is 2.13 bits per heavy atom. The Morgan fingerprint density at radius 1 is 1.33 bits per heavy atom. The maximum Gasteiger partial charge on any atom is 0.0374 e. The van der Waals surface area contributed by atoms with Crippen molar-refractivity contribution in [2.75, 3.05) is 25.0 Å². The largest absolute Gasteiger partial charge is 0.384 e. The molecule has 3 heteroatoms. The van der Waals surface area contributed by atoms with Gasteiger partial charge in [-0.25, -0.2) is 4.31 Å². The van der Waals surface area contributed by atoms with E-state index >= 15 is 0 Å². The van der Waals surface area contributed by atoms with Crippen LogP contribution in [0.1, 0.15) is 19.4 Å². The van der Waals surface area contributed by atoms with Gasteiger partial charge in [-0.15, -0.1) is 0 Å². The molecule has 0 fully saturated rings. The van der Waals surface area contributed by atoms with Gasteiger partial charge in [0.05, 0.1) is 0 Å². The van der Waals surface area contributed by atoms with Crippen LogP contribution in [0.3, 0.4) is 0 Å². The van der Waals surface area contributed by atoms with Crippen molar-refractivity contribution in [3.05, 3.63) is 23.8 Å². The molecule has 1 aromatic rings. The summed E-state index contributed by atoms with van der Waals surface area (Å²) in [5.74, 6) is 0. The molecule has 0 radical (unpaired) electrons. The summed E-state index contributed by atoms with van der Waals surface area (Å²) >= 11 is 1.86. The molecule has 15 heavy (non-hydrogen) atoms. The molecule has 0 saturated carbocycles. The van der Waals surface area contributed by atoms with Crippen LogP contribution >= 0.6 is 11.9 Å². The Kier molecular flexibility index (Phi) is 3.54. The Balaban J connectivity index is 2.09. The van der Waals surface area contributed by atoms with Crippen LogP contribution in [0.15, 0.2) is 23.1 Å². The summed E-state index contributed by atoms with van der Waals surface area (Å²) in [6.07, 6.45) is 1.17. The van der Waals surface area contributed by atoms with E-state index in [1.807, 2.05) is 11.9 Å². The van der Waals surface area contributed by atoms with E-state index < -0.39 is 0 Å². The van der Waals surface area contributed by atoms with Gasteiger partial charge in [0, 0.05) is 30.2 Å². The Hall–Kier alpha value is -0.670. The van der Waals surface area contributed by atoms with Gasteiger partial charge in [0.1, 0.15) is 0 Å². The summed E-state index contributed by atoms with van der Waals surface area (Å²) in [4.78, 5) is 1.36. The Bertz CT molecular complexity index is 334. The van der Waals surface area contributed by atoms with Crippen LogP contribution in [0.4, 0.5) is 5.69 Å². The lowest BCUT2D eigenvalue weighted by atomic mass is 10.2. The van der Waals surface area contributed by atoms with E-state index in [0.717, 1.165) is 19.6 Å². The fourth-order valence-corrected chi connectivity index (χ4v) is 2.72. The smallest absolute Gasteiger partial charge is 0.0374 e. The molecule has 1 aliphatic heterocycles. The predicted molar refractivity (Wildman–Crippen MR) is 67.4 cm³/mol. The normalized spacial score (nSPS) is 14.1. The van der Waals surface area contributed by atoms with E-state index in [2.05, 4.69) is 41.7 Å². The van der Waals surface area contributed by atoms with Crippen LogP contribution in [0, 0.1) is 0 Å². The monoisotopic (exact) mass is 222 g/mol. The Morgan fingerprint density at radius 3 is 2.87 bits per heavy atom. The summed E-state index contributed by atoms with van der Waals surface area (Å²) in [6.45, 7) is 7.68. The number of benzene rings is 1. The molecule has 0 unspecified atom stereocenters. The molecule has 0 spiro atoms. The molecule has 82 valence electrons. The zero-order valence-electron chi connectivity index (χ0n) is 9.42. The van der Waals surface area contributed by atoms with Gasteiger partial charge in [-0.1, -0.05) is 13.8 Å². The molecule has 1 heterocycles. The quantitative estimate of drug-likeness (QED) is 0.788. The van der Waals surface area contributed by atoms with Crippen LogP contribution in [0.2, 0.25) is 0 Å². The van der Waals surface area contributed by atoms with Crippen LogP contribution < -0.4 is 5.32 Å². The average Bonchev–Trinajstić information content (AvgIpc) is 2.73. The molecule has 0 bridgehead atoms. The second-order valence-corrected chi connectivity index (χ2v) is 4.87. The highest BCUT2D eigenvalue weighted by atomic mass is 32.2. The first kappa shape index (κ1) is 10.8. The van der Waals surface area contributed by atoms with Crippen molar-refractivity contribution in [2.45, 2.75) is 25.2 Å². The van der Waals surface area contributed by atoms with Crippen molar-refractivity contribution in [2.24, 2.45) is 0 Å². The van der Waals surface area contributed by atoms with Crippen molar-refractivity contribution in [3.63, 3.8) is 0 Å². The van der Waals surface area contributed by atoms with Gasteiger partial charge < -0.3 is 5.32 Å². The highest BCUT2D eigenvalue weighted by Crippen LogP contribution is 2.29. The zero-order chi connectivity index (χ0) is 10.7. The second kappa shape index (κ2) is 4.90. The molecule has 2 nitrogen and oxygen atoms in total. The number of fused-ring (bicyclic) bond motifs is 1. The summed E-state index contributed by atoms with van der Waals surface area (Å²) < 4.78 is 2.37. The first-order chi connectivity index (χ1) is 7.33.